The largest absolute Gasteiger partial charge is 0.481 e. The molecule has 0 aliphatic carbocycles. The van der Waals surface area contributed by atoms with Gasteiger partial charge in [-0.2, -0.15) is 0 Å². The Labute approximate surface area is 217 Å². The smallest absolute Gasteiger partial charge is 0.308 e. The van der Waals surface area contributed by atoms with Gasteiger partial charge < -0.3 is 20.0 Å². The third kappa shape index (κ3) is 13.3. The Morgan fingerprint density at radius 1 is 0.611 bits per heavy atom. The van der Waals surface area contributed by atoms with E-state index < -0.39 is 23.8 Å². The number of hydrogen-bond donors (Lipinski definition) is 2. The molecule has 2 rings (SSSR count). The van der Waals surface area contributed by atoms with Crippen LogP contribution in [-0.4, -0.2) is 69.9 Å². The van der Waals surface area contributed by atoms with E-state index in [-0.39, 0.29) is 24.7 Å². The molecule has 208 valence electrons. The summed E-state index contributed by atoms with van der Waals surface area (Å²) < 4.78 is 0. The summed E-state index contributed by atoms with van der Waals surface area (Å²) in [6.45, 7) is 6.65. The van der Waals surface area contributed by atoms with Gasteiger partial charge in [-0.25, -0.2) is 0 Å². The first-order valence-electron chi connectivity index (χ1n) is 14.3. The monoisotopic (exact) mass is 510 g/mol. The van der Waals surface area contributed by atoms with Crippen LogP contribution in [0.4, 0.5) is 0 Å². The minimum Gasteiger partial charge on any atom is -0.481 e. The summed E-state index contributed by atoms with van der Waals surface area (Å²) >= 11 is 0. The molecule has 2 amide bonds. The Morgan fingerprint density at radius 3 is 1.22 bits per heavy atom. The van der Waals surface area contributed by atoms with E-state index in [0.29, 0.717) is 13.1 Å². The molecule has 2 heterocycles. The van der Waals surface area contributed by atoms with E-state index in [2.05, 4.69) is 13.8 Å². The molecule has 0 spiro atoms. The number of unbranched alkanes of at least 4 members (excludes halogenated alkanes) is 12. The predicted molar refractivity (Wildman–Crippen MR) is 141 cm³/mol. The summed E-state index contributed by atoms with van der Waals surface area (Å²) in [5.74, 6) is -2.64. The van der Waals surface area contributed by atoms with Crippen molar-refractivity contribution in [3.8, 4) is 0 Å². The van der Waals surface area contributed by atoms with Gasteiger partial charge in [-0.1, -0.05) is 90.9 Å². The van der Waals surface area contributed by atoms with Gasteiger partial charge in [0.25, 0.3) is 0 Å². The van der Waals surface area contributed by atoms with Crippen molar-refractivity contribution in [2.75, 3.05) is 26.2 Å². The molecule has 0 radical (unpaired) electrons. The molecule has 2 unspecified atom stereocenters. The summed E-state index contributed by atoms with van der Waals surface area (Å²) in [6.07, 6.45) is 17.6. The molecule has 0 aromatic carbocycles. The first-order valence-corrected chi connectivity index (χ1v) is 14.3. The third-order valence-electron chi connectivity index (χ3n) is 7.19. The molecule has 2 fully saturated rings. The number of carboxylic acids is 2. The van der Waals surface area contributed by atoms with Gasteiger partial charge in [-0.05, 0) is 12.8 Å². The third-order valence-corrected chi connectivity index (χ3v) is 7.19. The molecule has 2 aliphatic heterocycles. The number of hydrogen-bond acceptors (Lipinski definition) is 4. The van der Waals surface area contributed by atoms with Crippen LogP contribution in [0.5, 0.6) is 0 Å². The Morgan fingerprint density at radius 2 is 0.917 bits per heavy atom. The van der Waals surface area contributed by atoms with Gasteiger partial charge in [0, 0.05) is 39.0 Å². The van der Waals surface area contributed by atoms with Crippen molar-refractivity contribution in [2.45, 2.75) is 117 Å². The summed E-state index contributed by atoms with van der Waals surface area (Å²) in [5, 5.41) is 17.7. The van der Waals surface area contributed by atoms with Gasteiger partial charge in [0.05, 0.1) is 11.8 Å². The average Bonchev–Trinajstić information content (AvgIpc) is 3.41. The highest BCUT2D eigenvalue weighted by atomic mass is 16.4. The first kappa shape index (κ1) is 31.9. The zero-order chi connectivity index (χ0) is 26.8. The lowest BCUT2D eigenvalue weighted by atomic mass is 10.1. The topological polar surface area (TPSA) is 115 Å². The predicted octanol–water partition coefficient (Wildman–Crippen LogP) is 5.34. The minimum absolute atomic E-state index is 0.00102. The van der Waals surface area contributed by atoms with E-state index in [0.717, 1.165) is 38.8 Å². The van der Waals surface area contributed by atoms with Crippen LogP contribution in [0.15, 0.2) is 0 Å². The lowest BCUT2D eigenvalue weighted by Crippen LogP contribution is -2.27. The van der Waals surface area contributed by atoms with Gasteiger partial charge in [-0.3, -0.25) is 19.2 Å². The second kappa shape index (κ2) is 19.1. The summed E-state index contributed by atoms with van der Waals surface area (Å²) in [5.41, 5.74) is 0. The molecular formula is C28H50N2O6. The van der Waals surface area contributed by atoms with Crippen molar-refractivity contribution in [1.29, 1.82) is 0 Å². The minimum atomic E-state index is -0.848. The van der Waals surface area contributed by atoms with E-state index in [1.54, 1.807) is 9.80 Å². The fourth-order valence-electron chi connectivity index (χ4n) is 4.83. The molecule has 0 saturated carbocycles. The van der Waals surface area contributed by atoms with Crippen LogP contribution in [-0.2, 0) is 19.2 Å². The van der Waals surface area contributed by atoms with Crippen LogP contribution in [0, 0.1) is 11.8 Å². The maximum Gasteiger partial charge on any atom is 0.308 e. The number of carbonyl (C=O) groups is 4. The van der Waals surface area contributed by atoms with Crippen molar-refractivity contribution in [3.63, 3.8) is 0 Å². The number of carbonyl (C=O) groups excluding carboxylic acids is 2. The molecule has 0 aromatic rings. The summed E-state index contributed by atoms with van der Waals surface area (Å²) in [4.78, 5) is 48.0. The summed E-state index contributed by atoms with van der Waals surface area (Å²) in [6, 6.07) is 0. The van der Waals surface area contributed by atoms with Crippen molar-refractivity contribution >= 4 is 23.8 Å². The van der Waals surface area contributed by atoms with Crippen LogP contribution >= 0.6 is 0 Å². The van der Waals surface area contributed by atoms with Crippen LogP contribution in [0.2, 0.25) is 0 Å². The molecule has 2 aliphatic rings. The van der Waals surface area contributed by atoms with E-state index in [9.17, 15) is 19.2 Å². The first-order chi connectivity index (χ1) is 17.3. The zero-order valence-corrected chi connectivity index (χ0v) is 22.7. The highest BCUT2D eigenvalue weighted by molar-refractivity contribution is 5.86. The van der Waals surface area contributed by atoms with E-state index in [1.807, 2.05) is 0 Å². The molecular weight excluding hydrogens is 460 g/mol. The average molecular weight is 511 g/mol. The van der Waals surface area contributed by atoms with Crippen molar-refractivity contribution in [2.24, 2.45) is 11.8 Å². The highest BCUT2D eigenvalue weighted by Gasteiger charge is 2.34. The summed E-state index contributed by atoms with van der Waals surface area (Å²) in [7, 11) is 0. The molecule has 36 heavy (non-hydrogen) atoms. The lowest BCUT2D eigenvalue weighted by molar-refractivity contribution is -0.142. The fraction of sp³-hybridized carbons (Fsp3) is 0.857. The van der Waals surface area contributed by atoms with E-state index in [4.69, 9.17) is 10.2 Å². The van der Waals surface area contributed by atoms with Crippen molar-refractivity contribution in [3.05, 3.63) is 0 Å². The number of rotatable bonds is 18. The number of amides is 2. The van der Waals surface area contributed by atoms with Crippen molar-refractivity contribution < 1.29 is 29.4 Å². The van der Waals surface area contributed by atoms with Crippen LogP contribution in [0.1, 0.15) is 117 Å². The molecule has 0 bridgehead atoms. The van der Waals surface area contributed by atoms with E-state index >= 15 is 0 Å². The number of likely N-dealkylation sites (tertiary alicyclic amines) is 2. The Kier molecular flexibility index (Phi) is 16.9. The Balaban J connectivity index is 0.000000381. The molecule has 0 aromatic heterocycles. The van der Waals surface area contributed by atoms with Gasteiger partial charge in [0.15, 0.2) is 0 Å². The van der Waals surface area contributed by atoms with Crippen LogP contribution < -0.4 is 0 Å². The normalized spacial score (nSPS) is 19.5. The number of nitrogens with zero attached hydrogens (tertiary/aromatic N) is 2. The Hall–Kier alpha value is -2.12. The van der Waals surface area contributed by atoms with E-state index in [1.165, 1.54) is 64.2 Å². The Bertz CT molecular complexity index is 668. The van der Waals surface area contributed by atoms with Crippen LogP contribution in [0.25, 0.3) is 0 Å². The lowest BCUT2D eigenvalue weighted by Gasteiger charge is -2.15. The van der Waals surface area contributed by atoms with Gasteiger partial charge >= 0.3 is 11.9 Å². The second-order valence-electron chi connectivity index (χ2n) is 10.4. The van der Waals surface area contributed by atoms with Gasteiger partial charge in [0.2, 0.25) is 11.8 Å². The second-order valence-corrected chi connectivity index (χ2v) is 10.4. The van der Waals surface area contributed by atoms with Crippen LogP contribution in [0.3, 0.4) is 0 Å². The highest BCUT2D eigenvalue weighted by Crippen LogP contribution is 2.20. The maximum absolute atomic E-state index is 11.6. The van der Waals surface area contributed by atoms with Crippen molar-refractivity contribution in [1.82, 2.24) is 9.80 Å². The quantitative estimate of drug-likeness (QED) is 0.241. The standard InChI is InChI=1S/C17H31NO3.C11H19NO3/c1-2-3-4-5-6-7-8-9-10-11-12-18-14-15(17(20)21)13-16(18)19;1-2-3-4-5-6-12-8-9(11(14)15)7-10(12)13/h15H,2-14H2,1H3,(H,20,21);9H,2-8H2,1H3,(H,14,15). The molecule has 2 saturated heterocycles. The van der Waals surface area contributed by atoms with Gasteiger partial charge in [0.1, 0.15) is 0 Å². The molecule has 2 atom stereocenters. The number of aliphatic carboxylic acids is 2. The zero-order valence-electron chi connectivity index (χ0n) is 22.7. The molecule has 2 N–H and O–H groups in total. The fourth-order valence-corrected chi connectivity index (χ4v) is 4.83. The van der Waals surface area contributed by atoms with Gasteiger partial charge in [-0.15, -0.1) is 0 Å². The number of carboxylic acid groups (broad SMARTS) is 2. The maximum atomic E-state index is 11.6. The molecule has 8 nitrogen and oxygen atoms in total. The molecule has 8 heteroatoms. The SMILES string of the molecule is CCCCCCCCCCCCN1CC(C(=O)O)CC1=O.CCCCCCN1CC(C(=O)O)CC1=O.